The summed E-state index contributed by atoms with van der Waals surface area (Å²) < 4.78 is 0. The zero-order chi connectivity index (χ0) is 20.8. The summed E-state index contributed by atoms with van der Waals surface area (Å²) in [6.45, 7) is 2.34. The van der Waals surface area contributed by atoms with Gasteiger partial charge in [0.15, 0.2) is 13.1 Å². The molecule has 0 aliphatic carbocycles. The lowest BCUT2D eigenvalue weighted by Crippen LogP contribution is -3.11. The fraction of sp³-hybridized carbons (Fsp3) is 0.217. The first-order chi connectivity index (χ1) is 13.9. The van der Waals surface area contributed by atoms with Gasteiger partial charge in [-0.1, -0.05) is 66.2 Å². The number of carbonyl (C=O) groups excluding carboxylic acids is 2. The number of nitrogens with one attached hydrogen (secondary N) is 3. The first-order valence-electron chi connectivity index (χ1n) is 9.56. The molecule has 0 radical (unpaired) electrons. The Morgan fingerprint density at radius 3 is 2.38 bits per heavy atom. The highest BCUT2D eigenvalue weighted by molar-refractivity contribution is 6.33. The zero-order valence-electron chi connectivity index (χ0n) is 16.5. The molecule has 0 aliphatic heterocycles. The minimum atomic E-state index is -0.189. The molecule has 0 spiro atoms. The molecule has 0 saturated heterocycles. The van der Waals surface area contributed by atoms with Gasteiger partial charge in [-0.05, 0) is 35.4 Å². The molecule has 0 saturated carbocycles. The molecule has 1 unspecified atom stereocenters. The van der Waals surface area contributed by atoms with Crippen molar-refractivity contribution in [2.75, 3.05) is 25.5 Å². The van der Waals surface area contributed by atoms with Crippen molar-refractivity contribution in [1.82, 2.24) is 5.32 Å². The second kappa shape index (κ2) is 9.54. The van der Waals surface area contributed by atoms with Gasteiger partial charge in [0, 0.05) is 0 Å². The zero-order valence-corrected chi connectivity index (χ0v) is 17.3. The van der Waals surface area contributed by atoms with Gasteiger partial charge in [-0.3, -0.25) is 9.59 Å². The number of quaternary nitrogens is 1. The van der Waals surface area contributed by atoms with E-state index in [-0.39, 0.29) is 30.9 Å². The van der Waals surface area contributed by atoms with Crippen molar-refractivity contribution >= 4 is 39.9 Å². The lowest BCUT2D eigenvalue weighted by Gasteiger charge is -2.18. The third-order valence-corrected chi connectivity index (χ3v) is 5.07. The molecule has 2 amide bonds. The summed E-state index contributed by atoms with van der Waals surface area (Å²) in [5.74, 6) is -0.293. The fourth-order valence-corrected chi connectivity index (χ4v) is 3.55. The molecule has 3 N–H and O–H groups in total. The number of rotatable bonds is 7. The number of fused-ring (bicyclic) bond motifs is 1. The van der Waals surface area contributed by atoms with E-state index in [4.69, 9.17) is 11.6 Å². The number of hydrogen-bond acceptors (Lipinski definition) is 2. The normalized spacial score (nSPS) is 12.9. The van der Waals surface area contributed by atoms with Crippen molar-refractivity contribution in [3.63, 3.8) is 0 Å². The van der Waals surface area contributed by atoms with Gasteiger partial charge in [-0.2, -0.15) is 0 Å². The molecular formula is C23H25ClN3O2+. The van der Waals surface area contributed by atoms with E-state index in [2.05, 4.69) is 28.8 Å². The van der Waals surface area contributed by atoms with Crippen LogP contribution in [0.25, 0.3) is 10.8 Å². The van der Waals surface area contributed by atoms with Crippen molar-refractivity contribution in [3.8, 4) is 0 Å². The van der Waals surface area contributed by atoms with Gasteiger partial charge in [0.25, 0.3) is 11.8 Å². The molecular weight excluding hydrogens is 386 g/mol. The van der Waals surface area contributed by atoms with Crippen LogP contribution in [0.4, 0.5) is 5.69 Å². The van der Waals surface area contributed by atoms with Crippen molar-refractivity contribution < 1.29 is 14.5 Å². The quantitative estimate of drug-likeness (QED) is 0.561. The molecule has 6 heteroatoms. The Morgan fingerprint density at radius 2 is 1.59 bits per heavy atom. The Labute approximate surface area is 175 Å². The van der Waals surface area contributed by atoms with Crippen LogP contribution in [-0.4, -0.2) is 32.0 Å². The third kappa shape index (κ3) is 5.56. The summed E-state index contributed by atoms with van der Waals surface area (Å²) in [5, 5.41) is 8.57. The first kappa shape index (κ1) is 20.8. The van der Waals surface area contributed by atoms with E-state index >= 15 is 0 Å². The minimum absolute atomic E-state index is 0.103. The van der Waals surface area contributed by atoms with E-state index in [1.54, 1.807) is 24.3 Å². The Kier molecular flexibility index (Phi) is 6.86. The summed E-state index contributed by atoms with van der Waals surface area (Å²) in [7, 11) is 1.81. The van der Waals surface area contributed by atoms with Crippen LogP contribution in [0.2, 0.25) is 5.02 Å². The highest BCUT2D eigenvalue weighted by atomic mass is 35.5. The topological polar surface area (TPSA) is 62.6 Å². The molecule has 2 atom stereocenters. The Balaban J connectivity index is 1.54. The lowest BCUT2D eigenvalue weighted by atomic mass is 10.00. The maximum Gasteiger partial charge on any atom is 0.279 e. The van der Waals surface area contributed by atoms with Crippen LogP contribution < -0.4 is 15.5 Å². The molecule has 3 aromatic carbocycles. The van der Waals surface area contributed by atoms with Gasteiger partial charge in [-0.25, -0.2) is 0 Å². The standard InChI is InChI=1S/C23H24ClN3O2/c1-16(18-11-7-9-17-8-3-4-10-19(17)18)25-22(28)14-27(2)15-23(29)26-21-13-6-5-12-20(21)24/h3-13,16H,14-15H2,1-2H3,(H,25,28)(H,26,29)/p+1/t16-/m1/s1. The maximum atomic E-state index is 12.5. The average molecular weight is 411 g/mol. The smallest absolute Gasteiger partial charge is 0.279 e. The first-order valence-corrected chi connectivity index (χ1v) is 9.94. The SMILES string of the molecule is C[C@@H](NC(=O)C[NH+](C)CC(=O)Nc1ccccc1Cl)c1cccc2ccccc12. The number of halogens is 1. The number of anilines is 1. The number of amides is 2. The molecule has 0 heterocycles. The molecule has 3 aromatic rings. The average Bonchev–Trinajstić information content (AvgIpc) is 2.68. The van der Waals surface area contributed by atoms with Gasteiger partial charge in [-0.15, -0.1) is 0 Å². The monoisotopic (exact) mass is 410 g/mol. The fourth-order valence-electron chi connectivity index (χ4n) is 3.37. The van der Waals surface area contributed by atoms with Crippen molar-refractivity contribution in [3.05, 3.63) is 77.3 Å². The molecule has 3 rings (SSSR count). The minimum Gasteiger partial charge on any atom is -0.345 e. The number of hydrogen-bond donors (Lipinski definition) is 3. The predicted octanol–water partition coefficient (Wildman–Crippen LogP) is 2.82. The van der Waals surface area contributed by atoms with E-state index < -0.39 is 0 Å². The van der Waals surface area contributed by atoms with Crippen LogP contribution in [0.15, 0.2) is 66.7 Å². The van der Waals surface area contributed by atoms with Gasteiger partial charge in [0.2, 0.25) is 0 Å². The highest BCUT2D eigenvalue weighted by Gasteiger charge is 2.18. The Morgan fingerprint density at radius 1 is 0.931 bits per heavy atom. The van der Waals surface area contributed by atoms with E-state index in [9.17, 15) is 9.59 Å². The summed E-state index contributed by atoms with van der Waals surface area (Å²) in [5.41, 5.74) is 1.64. The number of carbonyl (C=O) groups is 2. The number of para-hydroxylation sites is 1. The molecule has 0 aromatic heterocycles. The summed E-state index contributed by atoms with van der Waals surface area (Å²) in [6.07, 6.45) is 0. The van der Waals surface area contributed by atoms with E-state index in [1.807, 2.05) is 38.2 Å². The van der Waals surface area contributed by atoms with Crippen LogP contribution in [0.3, 0.4) is 0 Å². The molecule has 150 valence electrons. The van der Waals surface area contributed by atoms with E-state index in [0.29, 0.717) is 10.7 Å². The van der Waals surface area contributed by atoms with E-state index in [1.165, 1.54) is 0 Å². The van der Waals surface area contributed by atoms with Crippen LogP contribution in [0.5, 0.6) is 0 Å². The van der Waals surface area contributed by atoms with Crippen molar-refractivity contribution in [2.24, 2.45) is 0 Å². The third-order valence-electron chi connectivity index (χ3n) is 4.74. The summed E-state index contributed by atoms with van der Waals surface area (Å²) in [4.78, 5) is 25.5. The van der Waals surface area contributed by atoms with E-state index in [0.717, 1.165) is 21.2 Å². The van der Waals surface area contributed by atoms with Crippen molar-refractivity contribution in [2.45, 2.75) is 13.0 Å². The van der Waals surface area contributed by atoms with Crippen LogP contribution in [0.1, 0.15) is 18.5 Å². The van der Waals surface area contributed by atoms with Crippen LogP contribution in [-0.2, 0) is 9.59 Å². The van der Waals surface area contributed by atoms with Crippen molar-refractivity contribution in [1.29, 1.82) is 0 Å². The largest absolute Gasteiger partial charge is 0.345 e. The second-order valence-electron chi connectivity index (χ2n) is 7.20. The molecule has 0 aliphatic rings. The molecule has 5 nitrogen and oxygen atoms in total. The van der Waals surface area contributed by atoms with Gasteiger partial charge in [0.05, 0.1) is 23.8 Å². The lowest BCUT2D eigenvalue weighted by molar-refractivity contribution is -0.862. The maximum absolute atomic E-state index is 12.5. The predicted molar refractivity (Wildman–Crippen MR) is 117 cm³/mol. The molecule has 0 fully saturated rings. The molecule has 29 heavy (non-hydrogen) atoms. The summed E-state index contributed by atoms with van der Waals surface area (Å²) >= 11 is 6.06. The highest BCUT2D eigenvalue weighted by Crippen LogP contribution is 2.24. The van der Waals surface area contributed by atoms with Gasteiger partial charge >= 0.3 is 0 Å². The Bertz CT molecular complexity index is 1020. The van der Waals surface area contributed by atoms with Crippen LogP contribution >= 0.6 is 11.6 Å². The van der Waals surface area contributed by atoms with Gasteiger partial charge < -0.3 is 15.5 Å². The number of benzene rings is 3. The Hall–Kier alpha value is -2.89. The molecule has 0 bridgehead atoms. The second-order valence-corrected chi connectivity index (χ2v) is 7.60. The van der Waals surface area contributed by atoms with Gasteiger partial charge in [0.1, 0.15) is 0 Å². The van der Waals surface area contributed by atoms with Crippen LogP contribution in [0, 0.1) is 0 Å². The summed E-state index contributed by atoms with van der Waals surface area (Å²) in [6, 6.07) is 21.1. The number of likely N-dealkylation sites (N-methyl/N-ethyl adjacent to an activating group) is 1.